The van der Waals surface area contributed by atoms with E-state index >= 15 is 0 Å². The van der Waals surface area contributed by atoms with Gasteiger partial charge in [-0.15, -0.1) is 0 Å². The quantitative estimate of drug-likeness (QED) is 0.348. The van der Waals surface area contributed by atoms with Gasteiger partial charge in [0.1, 0.15) is 0 Å². The van der Waals surface area contributed by atoms with Gasteiger partial charge in [-0.25, -0.2) is 0 Å². The van der Waals surface area contributed by atoms with Crippen LogP contribution in [0.25, 0.3) is 0 Å². The molecule has 0 aliphatic heterocycles. The van der Waals surface area contributed by atoms with E-state index in [4.69, 9.17) is 10.9 Å². The van der Waals surface area contributed by atoms with Crippen molar-refractivity contribution in [3.05, 3.63) is 65.2 Å². The highest BCUT2D eigenvalue weighted by atomic mass is 16.4. The van der Waals surface area contributed by atoms with Gasteiger partial charge in [0.15, 0.2) is 5.84 Å². The predicted octanol–water partition coefficient (Wildman–Crippen LogP) is 2.27. The van der Waals surface area contributed by atoms with E-state index in [1.165, 1.54) is 0 Å². The Bertz CT molecular complexity index is 663. The van der Waals surface area contributed by atoms with Gasteiger partial charge in [0, 0.05) is 11.3 Å². The number of amides is 1. The molecule has 5 nitrogen and oxygen atoms in total. The Labute approximate surface area is 123 Å². The van der Waals surface area contributed by atoms with Crippen LogP contribution < -0.4 is 11.1 Å². The van der Waals surface area contributed by atoms with Crippen molar-refractivity contribution in [2.24, 2.45) is 10.9 Å². The fraction of sp³-hybridized carbons (Fsp3) is 0.125. The average Bonchev–Trinajstić information content (AvgIpc) is 2.49. The third-order valence-corrected chi connectivity index (χ3v) is 3.04. The van der Waals surface area contributed by atoms with Crippen LogP contribution in [0.5, 0.6) is 0 Å². The van der Waals surface area contributed by atoms with E-state index in [9.17, 15) is 4.79 Å². The second kappa shape index (κ2) is 6.56. The first kappa shape index (κ1) is 14.6. The molecule has 0 aromatic heterocycles. The van der Waals surface area contributed by atoms with Crippen molar-refractivity contribution in [2.75, 3.05) is 5.32 Å². The van der Waals surface area contributed by atoms with Crippen molar-refractivity contribution in [2.45, 2.75) is 13.3 Å². The first-order valence-corrected chi connectivity index (χ1v) is 6.52. The molecule has 0 aliphatic rings. The Kier molecular flexibility index (Phi) is 4.56. The molecule has 2 aromatic rings. The summed E-state index contributed by atoms with van der Waals surface area (Å²) in [5.41, 5.74) is 8.78. The van der Waals surface area contributed by atoms with Gasteiger partial charge in [0.2, 0.25) is 5.91 Å². The van der Waals surface area contributed by atoms with Gasteiger partial charge in [-0.05, 0) is 24.6 Å². The van der Waals surface area contributed by atoms with Crippen molar-refractivity contribution in [1.29, 1.82) is 0 Å². The Morgan fingerprint density at radius 1 is 1.24 bits per heavy atom. The maximum atomic E-state index is 12.0. The lowest BCUT2D eigenvalue weighted by atomic mass is 10.1. The Balaban J connectivity index is 2.04. The highest BCUT2D eigenvalue weighted by Crippen LogP contribution is 2.12. The van der Waals surface area contributed by atoms with E-state index in [1.807, 2.05) is 31.2 Å². The lowest BCUT2D eigenvalue weighted by molar-refractivity contribution is -0.115. The van der Waals surface area contributed by atoms with Crippen LogP contribution in [0, 0.1) is 6.92 Å². The Hall–Kier alpha value is -2.82. The van der Waals surface area contributed by atoms with Crippen molar-refractivity contribution in [3.63, 3.8) is 0 Å². The van der Waals surface area contributed by atoms with Gasteiger partial charge >= 0.3 is 0 Å². The topological polar surface area (TPSA) is 87.7 Å². The fourth-order valence-electron chi connectivity index (χ4n) is 1.91. The number of nitrogens with one attached hydrogen (secondary N) is 1. The van der Waals surface area contributed by atoms with Crippen molar-refractivity contribution in [1.82, 2.24) is 0 Å². The van der Waals surface area contributed by atoms with Crippen LogP contribution in [0.1, 0.15) is 16.7 Å². The number of benzene rings is 2. The molecule has 108 valence electrons. The van der Waals surface area contributed by atoms with Gasteiger partial charge in [-0.1, -0.05) is 47.1 Å². The normalized spacial score (nSPS) is 11.2. The molecule has 0 atom stereocenters. The molecular formula is C16H17N3O2. The molecule has 0 heterocycles. The number of carbonyl (C=O) groups is 1. The molecule has 0 aliphatic carbocycles. The molecule has 2 aromatic carbocycles. The molecule has 21 heavy (non-hydrogen) atoms. The van der Waals surface area contributed by atoms with Crippen molar-refractivity contribution < 1.29 is 10.0 Å². The Morgan fingerprint density at radius 3 is 2.62 bits per heavy atom. The molecule has 5 heteroatoms. The standard InChI is InChI=1S/C16H17N3O2/c1-11-5-7-12(8-6-11)9-15(20)18-14-4-2-3-13(10-14)16(17)19-21/h2-8,10,21H,9H2,1H3,(H2,17,19)(H,18,20). The van der Waals surface area contributed by atoms with E-state index in [2.05, 4.69) is 10.5 Å². The van der Waals surface area contributed by atoms with Gasteiger partial charge in [-0.2, -0.15) is 0 Å². The molecule has 0 unspecified atom stereocenters. The molecule has 0 bridgehead atoms. The minimum atomic E-state index is -0.115. The summed E-state index contributed by atoms with van der Waals surface area (Å²) in [5.74, 6) is -0.111. The molecule has 1 amide bonds. The summed E-state index contributed by atoms with van der Waals surface area (Å²) < 4.78 is 0. The van der Waals surface area contributed by atoms with Crippen molar-refractivity contribution >= 4 is 17.4 Å². The highest BCUT2D eigenvalue weighted by Gasteiger charge is 2.06. The van der Waals surface area contributed by atoms with Gasteiger partial charge < -0.3 is 16.3 Å². The number of rotatable bonds is 4. The number of nitrogens with two attached hydrogens (primary N) is 1. The Morgan fingerprint density at radius 2 is 1.95 bits per heavy atom. The molecule has 0 saturated carbocycles. The monoisotopic (exact) mass is 283 g/mol. The molecule has 0 spiro atoms. The molecule has 4 N–H and O–H groups in total. The summed E-state index contributed by atoms with van der Waals surface area (Å²) in [6.45, 7) is 2.00. The number of amidine groups is 1. The molecule has 0 saturated heterocycles. The number of aryl methyl sites for hydroxylation is 1. The van der Waals surface area contributed by atoms with Crippen LogP contribution in [-0.4, -0.2) is 17.0 Å². The maximum absolute atomic E-state index is 12.0. The zero-order valence-corrected chi connectivity index (χ0v) is 11.7. The highest BCUT2D eigenvalue weighted by molar-refractivity contribution is 5.99. The first-order valence-electron chi connectivity index (χ1n) is 6.52. The van der Waals surface area contributed by atoms with E-state index < -0.39 is 0 Å². The average molecular weight is 283 g/mol. The van der Waals surface area contributed by atoms with Crippen LogP contribution >= 0.6 is 0 Å². The SMILES string of the molecule is Cc1ccc(CC(=O)Nc2cccc(/C(N)=N/O)c2)cc1. The van der Waals surface area contributed by atoms with E-state index in [0.717, 1.165) is 11.1 Å². The number of oxime groups is 1. The zero-order valence-electron chi connectivity index (χ0n) is 11.7. The van der Waals surface area contributed by atoms with Crippen LogP contribution in [-0.2, 0) is 11.2 Å². The number of hydrogen-bond donors (Lipinski definition) is 3. The second-order valence-electron chi connectivity index (χ2n) is 4.78. The van der Waals surface area contributed by atoms with Crippen LogP contribution in [0.15, 0.2) is 53.7 Å². The van der Waals surface area contributed by atoms with Gasteiger partial charge in [0.25, 0.3) is 0 Å². The molecule has 2 rings (SSSR count). The third kappa shape index (κ3) is 4.07. The summed E-state index contributed by atoms with van der Waals surface area (Å²) in [6.07, 6.45) is 0.300. The third-order valence-electron chi connectivity index (χ3n) is 3.04. The van der Waals surface area contributed by atoms with Crippen LogP contribution in [0.2, 0.25) is 0 Å². The zero-order chi connectivity index (χ0) is 15.2. The summed E-state index contributed by atoms with van der Waals surface area (Å²) in [5, 5.41) is 14.4. The summed E-state index contributed by atoms with van der Waals surface area (Å²) in [7, 11) is 0. The molecular weight excluding hydrogens is 266 g/mol. The molecule has 0 radical (unpaired) electrons. The number of anilines is 1. The van der Waals surface area contributed by atoms with E-state index in [1.54, 1.807) is 24.3 Å². The van der Waals surface area contributed by atoms with E-state index in [-0.39, 0.29) is 11.7 Å². The first-order chi connectivity index (χ1) is 10.1. The van der Waals surface area contributed by atoms with Crippen LogP contribution in [0.3, 0.4) is 0 Å². The second-order valence-corrected chi connectivity index (χ2v) is 4.78. The number of nitrogens with zero attached hydrogens (tertiary/aromatic N) is 1. The largest absolute Gasteiger partial charge is 0.409 e. The summed E-state index contributed by atoms with van der Waals surface area (Å²) in [6, 6.07) is 14.6. The minimum Gasteiger partial charge on any atom is -0.409 e. The predicted molar refractivity (Wildman–Crippen MR) is 82.5 cm³/mol. The van der Waals surface area contributed by atoms with Crippen molar-refractivity contribution in [3.8, 4) is 0 Å². The maximum Gasteiger partial charge on any atom is 0.228 e. The lowest BCUT2D eigenvalue weighted by Gasteiger charge is -2.07. The number of carbonyl (C=O) groups excluding carboxylic acids is 1. The fourth-order valence-corrected chi connectivity index (χ4v) is 1.91. The summed E-state index contributed by atoms with van der Waals surface area (Å²) >= 11 is 0. The minimum absolute atomic E-state index is 0.00429. The molecule has 0 fully saturated rings. The lowest BCUT2D eigenvalue weighted by Crippen LogP contribution is -2.16. The van der Waals surface area contributed by atoms with Gasteiger partial charge in [-0.3, -0.25) is 4.79 Å². The van der Waals surface area contributed by atoms with Gasteiger partial charge in [0.05, 0.1) is 6.42 Å². The summed E-state index contributed by atoms with van der Waals surface area (Å²) in [4.78, 5) is 12.0. The smallest absolute Gasteiger partial charge is 0.228 e. The van der Waals surface area contributed by atoms with E-state index in [0.29, 0.717) is 17.7 Å². The van der Waals surface area contributed by atoms with Crippen LogP contribution in [0.4, 0.5) is 5.69 Å². The number of hydrogen-bond acceptors (Lipinski definition) is 3.